The standard InChI is InChI=1S/C17H19Cl2NO5S2/c1-3-4-11-26-17-14(9-10-25-17)16(18,19)15(21)20(17)27(22,23)13-7-5-12(24-2)6-8-13/h5-10,14H,3-4,11H2,1-2H3/t14-,17+/m1/s1. The molecule has 6 nitrogen and oxygen atoms in total. The third-order valence-electron chi connectivity index (χ3n) is 4.45. The molecule has 0 bridgehead atoms. The maximum absolute atomic E-state index is 13.3. The van der Waals surface area contributed by atoms with E-state index in [1.807, 2.05) is 6.92 Å². The minimum Gasteiger partial charge on any atom is -0.497 e. The number of hydrogen-bond donors (Lipinski definition) is 0. The molecule has 1 fully saturated rings. The predicted octanol–water partition coefficient (Wildman–Crippen LogP) is 3.75. The minimum absolute atomic E-state index is 0.0765. The first kappa shape index (κ1) is 20.6. The molecule has 0 saturated carbocycles. The molecule has 1 aromatic carbocycles. The zero-order chi connectivity index (χ0) is 19.9. The Labute approximate surface area is 172 Å². The van der Waals surface area contributed by atoms with Crippen LogP contribution < -0.4 is 4.74 Å². The van der Waals surface area contributed by atoms with Crippen molar-refractivity contribution in [2.75, 3.05) is 12.9 Å². The van der Waals surface area contributed by atoms with Crippen LogP contribution in [0.2, 0.25) is 0 Å². The van der Waals surface area contributed by atoms with Gasteiger partial charge < -0.3 is 9.47 Å². The Morgan fingerprint density at radius 2 is 1.96 bits per heavy atom. The van der Waals surface area contributed by atoms with E-state index in [0.29, 0.717) is 15.8 Å². The first-order valence-electron chi connectivity index (χ1n) is 8.32. The van der Waals surface area contributed by atoms with E-state index in [1.165, 1.54) is 49.4 Å². The van der Waals surface area contributed by atoms with Crippen LogP contribution >= 0.6 is 35.0 Å². The molecule has 0 aliphatic carbocycles. The van der Waals surface area contributed by atoms with Crippen molar-refractivity contribution in [3.63, 3.8) is 0 Å². The Bertz CT molecular complexity index is 857. The van der Waals surface area contributed by atoms with E-state index in [1.54, 1.807) is 6.08 Å². The fourth-order valence-electron chi connectivity index (χ4n) is 3.02. The van der Waals surface area contributed by atoms with Gasteiger partial charge in [-0.15, -0.1) is 0 Å². The summed E-state index contributed by atoms with van der Waals surface area (Å²) in [6, 6.07) is 5.74. The summed E-state index contributed by atoms with van der Waals surface area (Å²) in [6.07, 6.45) is 4.63. The van der Waals surface area contributed by atoms with Crippen molar-refractivity contribution in [3.05, 3.63) is 36.6 Å². The van der Waals surface area contributed by atoms with Crippen molar-refractivity contribution in [1.29, 1.82) is 0 Å². The quantitative estimate of drug-likeness (QED) is 0.464. The molecule has 1 saturated heterocycles. The number of rotatable bonds is 7. The van der Waals surface area contributed by atoms with E-state index < -0.39 is 31.2 Å². The van der Waals surface area contributed by atoms with Gasteiger partial charge in [0.15, 0.2) is 0 Å². The molecular formula is C17H19Cl2NO5S2. The molecular weight excluding hydrogens is 433 g/mol. The topological polar surface area (TPSA) is 72.9 Å². The van der Waals surface area contributed by atoms with Gasteiger partial charge in [0.2, 0.25) is 4.33 Å². The second-order valence-corrected chi connectivity index (χ2v) is 10.6. The number of nitrogens with zero attached hydrogens (tertiary/aromatic N) is 1. The SMILES string of the molecule is CCCCS[C@@]12OC=C[C@@H]1C(Cl)(Cl)C(=O)N2S(=O)(=O)c1ccc(OC)cc1. The molecule has 0 unspecified atom stereocenters. The van der Waals surface area contributed by atoms with Crippen molar-refractivity contribution < 1.29 is 22.7 Å². The molecule has 27 heavy (non-hydrogen) atoms. The largest absolute Gasteiger partial charge is 0.497 e. The van der Waals surface area contributed by atoms with E-state index in [-0.39, 0.29) is 4.90 Å². The zero-order valence-corrected chi connectivity index (χ0v) is 17.9. The number of fused-ring (bicyclic) bond motifs is 1. The number of unbranched alkanes of at least 4 members (excludes halogenated alkanes) is 1. The number of sulfonamides is 1. The van der Waals surface area contributed by atoms with Gasteiger partial charge in [-0.05, 0) is 42.5 Å². The number of ether oxygens (including phenoxy) is 2. The van der Waals surface area contributed by atoms with Gasteiger partial charge in [-0.1, -0.05) is 48.3 Å². The summed E-state index contributed by atoms with van der Waals surface area (Å²) in [4.78, 5) is 12.9. The smallest absolute Gasteiger partial charge is 0.277 e. The average molecular weight is 452 g/mol. The Kier molecular flexibility index (Phi) is 5.65. The third kappa shape index (κ3) is 3.20. The summed E-state index contributed by atoms with van der Waals surface area (Å²) in [5.74, 6) is -0.661. The average Bonchev–Trinajstić information content (AvgIpc) is 3.12. The van der Waals surface area contributed by atoms with Gasteiger partial charge >= 0.3 is 0 Å². The first-order chi connectivity index (χ1) is 12.7. The summed E-state index contributed by atoms with van der Waals surface area (Å²) >= 11 is 13.8. The highest BCUT2D eigenvalue weighted by molar-refractivity contribution is 8.01. The van der Waals surface area contributed by atoms with Crippen LogP contribution in [0.3, 0.4) is 0 Å². The lowest BCUT2D eigenvalue weighted by atomic mass is 10.1. The second kappa shape index (κ2) is 7.39. The van der Waals surface area contributed by atoms with Crippen LogP contribution in [0, 0.1) is 5.92 Å². The van der Waals surface area contributed by atoms with E-state index in [9.17, 15) is 13.2 Å². The van der Waals surface area contributed by atoms with Crippen LogP contribution in [0.25, 0.3) is 0 Å². The van der Waals surface area contributed by atoms with Crippen LogP contribution in [0.1, 0.15) is 19.8 Å². The molecule has 10 heteroatoms. The van der Waals surface area contributed by atoms with E-state index >= 15 is 0 Å². The van der Waals surface area contributed by atoms with Gasteiger partial charge in [0, 0.05) is 0 Å². The van der Waals surface area contributed by atoms with Crippen LogP contribution in [0.4, 0.5) is 0 Å². The molecule has 3 rings (SSSR count). The number of hydrogen-bond acceptors (Lipinski definition) is 6. The van der Waals surface area contributed by atoms with Gasteiger partial charge in [0.1, 0.15) is 5.75 Å². The first-order valence-corrected chi connectivity index (χ1v) is 11.5. The normalized spacial score (nSPS) is 26.1. The second-order valence-electron chi connectivity index (χ2n) is 6.13. The summed E-state index contributed by atoms with van der Waals surface area (Å²) in [5, 5.41) is -1.53. The lowest BCUT2D eigenvalue weighted by molar-refractivity contribution is -0.128. The Morgan fingerprint density at radius 3 is 2.56 bits per heavy atom. The maximum atomic E-state index is 13.3. The van der Waals surface area contributed by atoms with Crippen LogP contribution in [-0.2, 0) is 19.6 Å². The van der Waals surface area contributed by atoms with Gasteiger partial charge in [0.05, 0.1) is 24.2 Å². The highest BCUT2D eigenvalue weighted by atomic mass is 35.5. The predicted molar refractivity (Wildman–Crippen MR) is 105 cm³/mol. The fraction of sp³-hybridized carbons (Fsp3) is 0.471. The van der Waals surface area contributed by atoms with Crippen LogP contribution in [-0.4, -0.2) is 40.9 Å². The summed E-state index contributed by atoms with van der Waals surface area (Å²) < 4.78 is 36.2. The molecule has 148 valence electrons. The van der Waals surface area contributed by atoms with Gasteiger partial charge in [-0.3, -0.25) is 4.79 Å². The molecule has 2 heterocycles. The highest BCUT2D eigenvalue weighted by Crippen LogP contribution is 2.59. The summed E-state index contributed by atoms with van der Waals surface area (Å²) in [6.45, 7) is 2.02. The van der Waals surface area contributed by atoms with Crippen molar-refractivity contribution in [2.24, 2.45) is 5.92 Å². The number of methoxy groups -OCH3 is 1. The Morgan fingerprint density at radius 1 is 1.30 bits per heavy atom. The molecule has 1 aromatic rings. The van der Waals surface area contributed by atoms with E-state index in [4.69, 9.17) is 32.7 Å². The molecule has 2 aliphatic heterocycles. The summed E-state index contributed by atoms with van der Waals surface area (Å²) in [5.41, 5.74) is 0. The number of amides is 1. The van der Waals surface area contributed by atoms with Crippen molar-refractivity contribution >= 4 is 50.9 Å². The van der Waals surface area contributed by atoms with Crippen LogP contribution in [0.5, 0.6) is 5.75 Å². The van der Waals surface area contributed by atoms with Crippen molar-refractivity contribution in [1.82, 2.24) is 4.31 Å². The lowest BCUT2D eigenvalue weighted by Crippen LogP contribution is -2.49. The number of carbonyl (C=O) groups excluding carboxylic acids is 1. The Hall–Kier alpha value is -1.09. The zero-order valence-electron chi connectivity index (χ0n) is 14.7. The molecule has 0 N–H and O–H groups in total. The summed E-state index contributed by atoms with van der Waals surface area (Å²) in [7, 11) is -2.78. The van der Waals surface area contributed by atoms with Gasteiger partial charge in [0.25, 0.3) is 21.0 Å². The van der Waals surface area contributed by atoms with E-state index in [0.717, 1.165) is 12.8 Å². The van der Waals surface area contributed by atoms with Crippen LogP contribution in [0.15, 0.2) is 41.5 Å². The Balaban J connectivity index is 2.08. The molecule has 1 amide bonds. The third-order valence-corrected chi connectivity index (χ3v) is 8.58. The molecule has 0 aromatic heterocycles. The maximum Gasteiger partial charge on any atom is 0.277 e. The number of benzene rings is 1. The van der Waals surface area contributed by atoms with Crippen molar-refractivity contribution in [3.8, 4) is 5.75 Å². The van der Waals surface area contributed by atoms with E-state index in [2.05, 4.69) is 0 Å². The van der Waals surface area contributed by atoms with Gasteiger partial charge in [-0.25, -0.2) is 8.42 Å². The fourth-order valence-corrected chi connectivity index (χ4v) is 7.34. The number of alkyl halides is 2. The molecule has 2 atom stereocenters. The lowest BCUT2D eigenvalue weighted by Gasteiger charge is -2.35. The monoisotopic (exact) mass is 451 g/mol. The molecule has 2 aliphatic rings. The number of halogens is 2. The minimum atomic E-state index is -4.26. The molecule has 0 radical (unpaired) electrons. The molecule has 0 spiro atoms. The van der Waals surface area contributed by atoms with Gasteiger partial charge in [-0.2, -0.15) is 4.31 Å². The number of carbonyl (C=O) groups is 1. The van der Waals surface area contributed by atoms with Crippen molar-refractivity contribution in [2.45, 2.75) is 34.1 Å². The number of thioether (sulfide) groups is 1. The highest BCUT2D eigenvalue weighted by Gasteiger charge is 2.72.